The normalized spacial score (nSPS) is 13.6. The van der Waals surface area contributed by atoms with E-state index >= 15 is 0 Å². The second kappa shape index (κ2) is 15.4. The Bertz CT molecular complexity index is 1370. The predicted molar refractivity (Wildman–Crippen MR) is 181 cm³/mol. The van der Waals surface area contributed by atoms with Crippen molar-refractivity contribution in [3.8, 4) is 5.75 Å². The highest BCUT2D eigenvalue weighted by Gasteiger charge is 2.27. The second-order valence-electron chi connectivity index (χ2n) is 13.6. The van der Waals surface area contributed by atoms with Crippen molar-refractivity contribution in [2.75, 3.05) is 5.32 Å². The molecule has 0 saturated heterocycles. The summed E-state index contributed by atoms with van der Waals surface area (Å²) in [4.78, 5) is 26.1. The number of rotatable bonds is 14. The average Bonchev–Trinajstić information content (AvgIpc) is 2.91. The van der Waals surface area contributed by atoms with Crippen molar-refractivity contribution < 1.29 is 22.2 Å². The molecule has 0 spiro atoms. The van der Waals surface area contributed by atoms with E-state index in [1.54, 1.807) is 12.1 Å². The van der Waals surface area contributed by atoms with Crippen molar-refractivity contribution in [2.24, 2.45) is 11.7 Å². The van der Waals surface area contributed by atoms with Crippen LogP contribution in [0.25, 0.3) is 0 Å². The number of anilines is 1. The molecule has 246 valence electrons. The Balaban J connectivity index is 2.46. The average molecular weight is 630 g/mol. The minimum Gasteiger partial charge on any atom is -0.366 e. The summed E-state index contributed by atoms with van der Waals surface area (Å²) >= 11 is 0. The first-order valence-electron chi connectivity index (χ1n) is 15.9. The van der Waals surface area contributed by atoms with Gasteiger partial charge in [0.05, 0.1) is 12.5 Å². The smallest absolute Gasteiger partial charge is 0.366 e. The molecule has 0 aromatic heterocycles. The molecular formula is C35H55N3O5S. The molecule has 2 rings (SSSR count). The third-order valence-corrected chi connectivity index (χ3v) is 9.10. The third-order valence-electron chi connectivity index (χ3n) is 8.24. The molecule has 2 aromatic rings. The Labute approximate surface area is 266 Å². The minimum atomic E-state index is -4.52. The lowest BCUT2D eigenvalue weighted by atomic mass is 9.83. The molecule has 0 saturated carbocycles. The fraction of sp³-hybridized carbons (Fsp3) is 0.600. The maximum absolute atomic E-state index is 13.4. The van der Waals surface area contributed by atoms with Crippen LogP contribution in [0.5, 0.6) is 5.75 Å². The van der Waals surface area contributed by atoms with Crippen LogP contribution in [0, 0.1) is 5.92 Å². The molecule has 0 bridgehead atoms. The quantitative estimate of drug-likeness (QED) is 0.197. The summed E-state index contributed by atoms with van der Waals surface area (Å²) in [6.45, 7) is 24.1. The van der Waals surface area contributed by atoms with Crippen LogP contribution >= 0.6 is 0 Å². The molecule has 0 aliphatic rings. The number of nitrogens with one attached hydrogen (secondary N) is 2. The molecule has 2 amide bonds. The Morgan fingerprint density at radius 1 is 0.750 bits per heavy atom. The first kappa shape index (κ1) is 37.3. The molecule has 8 nitrogen and oxygen atoms in total. The van der Waals surface area contributed by atoms with E-state index in [4.69, 9.17) is 9.92 Å². The molecular weight excluding hydrogens is 574 g/mol. The van der Waals surface area contributed by atoms with Crippen LogP contribution in [0.1, 0.15) is 152 Å². The lowest BCUT2D eigenvalue weighted by molar-refractivity contribution is -0.119. The topological polar surface area (TPSA) is 128 Å². The number of amides is 2. The molecule has 0 aliphatic heterocycles. The Hall–Kier alpha value is -2.91. The lowest BCUT2D eigenvalue weighted by Crippen LogP contribution is -2.40. The van der Waals surface area contributed by atoms with Crippen LogP contribution in [-0.2, 0) is 26.3 Å². The van der Waals surface area contributed by atoms with Crippen LogP contribution in [-0.4, -0.2) is 26.3 Å². The minimum absolute atomic E-state index is 0.00174. The van der Waals surface area contributed by atoms with Crippen molar-refractivity contribution in [1.82, 2.24) is 4.72 Å². The van der Waals surface area contributed by atoms with E-state index in [1.807, 2.05) is 41.5 Å². The van der Waals surface area contributed by atoms with Gasteiger partial charge in [-0.05, 0) is 69.9 Å². The van der Waals surface area contributed by atoms with Crippen LogP contribution in [0.15, 0.2) is 24.3 Å². The number of hydrogen-bond acceptors (Lipinski definition) is 6. The molecule has 0 heterocycles. The summed E-state index contributed by atoms with van der Waals surface area (Å²) in [7, 11) is -4.52. The zero-order valence-electron chi connectivity index (χ0n) is 28.8. The molecule has 0 radical (unpaired) electrons. The monoisotopic (exact) mass is 629 g/mol. The van der Waals surface area contributed by atoms with Gasteiger partial charge in [0, 0.05) is 16.8 Å². The van der Waals surface area contributed by atoms with Crippen molar-refractivity contribution in [1.29, 1.82) is 0 Å². The van der Waals surface area contributed by atoms with Crippen molar-refractivity contribution in [2.45, 2.75) is 132 Å². The van der Waals surface area contributed by atoms with Gasteiger partial charge in [-0.25, -0.2) is 4.72 Å². The predicted octanol–water partition coefficient (Wildman–Crippen LogP) is 7.60. The zero-order valence-corrected chi connectivity index (χ0v) is 29.6. The molecule has 44 heavy (non-hydrogen) atoms. The number of nitrogens with two attached hydrogens (primary N) is 1. The maximum atomic E-state index is 13.4. The lowest BCUT2D eigenvalue weighted by Gasteiger charge is -2.24. The first-order chi connectivity index (χ1) is 20.3. The van der Waals surface area contributed by atoms with E-state index in [0.29, 0.717) is 22.7 Å². The molecule has 2 unspecified atom stereocenters. The summed E-state index contributed by atoms with van der Waals surface area (Å²) in [5.41, 5.74) is 12.0. The van der Waals surface area contributed by atoms with Crippen LogP contribution in [0.4, 0.5) is 5.69 Å². The van der Waals surface area contributed by atoms with Crippen LogP contribution in [0.2, 0.25) is 0 Å². The first-order valence-corrected chi connectivity index (χ1v) is 17.4. The van der Waals surface area contributed by atoms with Crippen molar-refractivity contribution in [3.63, 3.8) is 0 Å². The summed E-state index contributed by atoms with van der Waals surface area (Å²) in [5.74, 6) is -0.459. The summed E-state index contributed by atoms with van der Waals surface area (Å²) in [6.07, 6.45) is 0.678. The maximum Gasteiger partial charge on any atom is 0.409 e. The van der Waals surface area contributed by atoms with Gasteiger partial charge in [0.2, 0.25) is 11.8 Å². The zero-order chi connectivity index (χ0) is 33.7. The highest BCUT2D eigenvalue weighted by molar-refractivity contribution is 7.85. The van der Waals surface area contributed by atoms with Gasteiger partial charge in [0.1, 0.15) is 0 Å². The Morgan fingerprint density at radius 2 is 1.20 bits per heavy atom. The van der Waals surface area contributed by atoms with Gasteiger partial charge in [-0.15, -0.1) is 0 Å². The van der Waals surface area contributed by atoms with Gasteiger partial charge in [0.25, 0.3) is 0 Å². The van der Waals surface area contributed by atoms with Gasteiger partial charge >= 0.3 is 10.3 Å². The number of hydrogen-bond donors (Lipinski definition) is 3. The fourth-order valence-corrected chi connectivity index (χ4v) is 6.02. The number of carbonyl (C=O) groups is 2. The van der Waals surface area contributed by atoms with Gasteiger partial charge in [-0.2, -0.15) is 8.42 Å². The van der Waals surface area contributed by atoms with Gasteiger partial charge in [0.15, 0.2) is 5.75 Å². The number of carbonyl (C=O) groups excluding carboxylic acids is 2. The van der Waals surface area contributed by atoms with Gasteiger partial charge in [-0.1, -0.05) is 102 Å². The fourth-order valence-electron chi connectivity index (χ4n) is 5.21. The van der Waals surface area contributed by atoms with E-state index in [1.165, 1.54) is 5.56 Å². The van der Waals surface area contributed by atoms with Crippen LogP contribution < -0.4 is 20.0 Å². The van der Waals surface area contributed by atoms with Crippen molar-refractivity contribution in [3.05, 3.63) is 57.6 Å². The van der Waals surface area contributed by atoms with Crippen LogP contribution in [0.3, 0.4) is 0 Å². The third kappa shape index (κ3) is 9.54. The Morgan fingerprint density at radius 3 is 1.59 bits per heavy atom. The van der Waals surface area contributed by atoms with E-state index < -0.39 is 22.3 Å². The van der Waals surface area contributed by atoms with Gasteiger partial charge in [-0.3, -0.25) is 9.59 Å². The molecule has 0 aliphatic carbocycles. The summed E-state index contributed by atoms with van der Waals surface area (Å²) < 4.78 is 34.5. The van der Waals surface area contributed by atoms with E-state index in [2.05, 4.69) is 63.7 Å². The SMILES string of the molecule is CCC(C)C(N)C(=O)Nc1cc(C(C)C)c(OS(=O)(=O)NC(=O)Cc2c(C(C)C)cc(C(C)C)cc2C(C)C)c(C(C)C)c1. The Kier molecular flexibility index (Phi) is 13.0. The largest absolute Gasteiger partial charge is 0.409 e. The molecule has 0 fully saturated rings. The molecule has 9 heteroatoms. The second-order valence-corrected chi connectivity index (χ2v) is 14.9. The molecule has 2 aromatic carbocycles. The molecule has 4 N–H and O–H groups in total. The molecule has 2 atom stereocenters. The van der Waals surface area contributed by atoms with E-state index in [0.717, 1.165) is 23.1 Å². The van der Waals surface area contributed by atoms with Gasteiger partial charge < -0.3 is 15.2 Å². The number of benzene rings is 2. The van der Waals surface area contributed by atoms with Crippen molar-refractivity contribution >= 4 is 27.8 Å². The van der Waals surface area contributed by atoms with E-state index in [-0.39, 0.29) is 47.7 Å². The summed E-state index contributed by atoms with van der Waals surface area (Å²) in [6, 6.07) is 7.02. The standard InChI is InChI=1S/C35H55N3O5S/c1-13-24(12)33(36)35(40)37-26-16-29(22(8)9)34(30(17-26)23(10)11)43-44(41,42)38-32(39)18-31-27(20(4)5)14-25(19(2)3)15-28(31)21(6)7/h14-17,19-24,33H,13,18,36H2,1-12H3,(H,37,40)(H,38,39). The highest BCUT2D eigenvalue weighted by Crippen LogP contribution is 2.38. The summed E-state index contributed by atoms with van der Waals surface area (Å²) in [5, 5.41) is 2.90. The highest BCUT2D eigenvalue weighted by atomic mass is 32.2. The van der Waals surface area contributed by atoms with E-state index in [9.17, 15) is 18.0 Å².